The summed E-state index contributed by atoms with van der Waals surface area (Å²) in [5, 5.41) is 6.90. The summed E-state index contributed by atoms with van der Waals surface area (Å²) in [5.41, 5.74) is 3.23. The van der Waals surface area contributed by atoms with Crippen molar-refractivity contribution in [1.29, 1.82) is 0 Å². The van der Waals surface area contributed by atoms with Gasteiger partial charge >= 0.3 is 0 Å². The van der Waals surface area contributed by atoms with E-state index in [9.17, 15) is 4.79 Å². The Morgan fingerprint density at radius 1 is 1.10 bits per heavy atom. The predicted octanol–water partition coefficient (Wildman–Crippen LogP) is 2.76. The second-order valence-corrected chi connectivity index (χ2v) is 8.28. The number of benzene rings is 2. The summed E-state index contributed by atoms with van der Waals surface area (Å²) in [7, 11) is 5.36. The first-order valence-electron chi connectivity index (χ1n) is 11.1. The van der Waals surface area contributed by atoms with Crippen molar-refractivity contribution in [3.05, 3.63) is 71.3 Å². The molecular formula is C25H35N5O. The molecule has 1 fully saturated rings. The Labute approximate surface area is 186 Å². The molecule has 1 aliphatic rings. The van der Waals surface area contributed by atoms with Crippen LogP contribution in [0.25, 0.3) is 0 Å². The van der Waals surface area contributed by atoms with E-state index < -0.39 is 0 Å². The molecule has 0 aliphatic carbocycles. The number of carbonyl (C=O) groups is 1. The van der Waals surface area contributed by atoms with Crippen LogP contribution < -0.4 is 10.6 Å². The highest BCUT2D eigenvalue weighted by Gasteiger charge is 2.24. The zero-order chi connectivity index (χ0) is 22.1. The van der Waals surface area contributed by atoms with Gasteiger partial charge in [-0.2, -0.15) is 0 Å². The fraction of sp³-hybridized carbons (Fsp3) is 0.440. The number of aliphatic imine (C=N–C) groups is 1. The summed E-state index contributed by atoms with van der Waals surface area (Å²) in [6, 6.07) is 19.0. The molecule has 0 bridgehead atoms. The van der Waals surface area contributed by atoms with Crippen molar-refractivity contribution in [2.75, 3.05) is 40.8 Å². The molecule has 1 amide bonds. The van der Waals surface area contributed by atoms with E-state index in [4.69, 9.17) is 0 Å². The van der Waals surface area contributed by atoms with Crippen LogP contribution in [0.5, 0.6) is 0 Å². The number of amides is 1. The van der Waals surface area contributed by atoms with Gasteiger partial charge in [0.1, 0.15) is 0 Å². The van der Waals surface area contributed by atoms with Gasteiger partial charge in [-0.1, -0.05) is 42.5 Å². The van der Waals surface area contributed by atoms with Gasteiger partial charge in [0.15, 0.2) is 5.96 Å². The summed E-state index contributed by atoms with van der Waals surface area (Å²) < 4.78 is 0. The molecule has 0 radical (unpaired) electrons. The number of carbonyl (C=O) groups excluding carboxylic acids is 1. The van der Waals surface area contributed by atoms with Crippen molar-refractivity contribution in [3.63, 3.8) is 0 Å². The number of guanidine groups is 1. The van der Waals surface area contributed by atoms with Gasteiger partial charge in [0.05, 0.1) is 0 Å². The highest BCUT2D eigenvalue weighted by atomic mass is 16.2. The van der Waals surface area contributed by atoms with Gasteiger partial charge < -0.3 is 15.5 Å². The lowest BCUT2D eigenvalue weighted by Gasteiger charge is -2.25. The zero-order valence-electron chi connectivity index (χ0n) is 19.0. The Morgan fingerprint density at radius 3 is 2.61 bits per heavy atom. The van der Waals surface area contributed by atoms with E-state index in [-0.39, 0.29) is 5.91 Å². The summed E-state index contributed by atoms with van der Waals surface area (Å²) in [4.78, 5) is 20.7. The Balaban J connectivity index is 1.44. The number of hydrogen-bond donors (Lipinski definition) is 2. The normalized spacial score (nSPS) is 16.9. The third-order valence-corrected chi connectivity index (χ3v) is 5.74. The maximum atomic E-state index is 12.2. The summed E-state index contributed by atoms with van der Waals surface area (Å²) in [5.74, 6) is 0.857. The van der Waals surface area contributed by atoms with Crippen LogP contribution in [-0.4, -0.2) is 68.5 Å². The molecule has 6 heteroatoms. The monoisotopic (exact) mass is 421 g/mol. The standard InChI is InChI=1S/C25H35N5O/c1-26-25(27-15-14-20-11-7-12-22(17-20)24(31)29(2)3)28-18-23-13-8-16-30(23)19-21-9-5-4-6-10-21/h4-7,9-12,17,23H,8,13-16,18-19H2,1-3H3,(H2,26,27,28). The minimum atomic E-state index is 0.0314. The van der Waals surface area contributed by atoms with E-state index in [2.05, 4.69) is 56.9 Å². The first kappa shape index (κ1) is 22.8. The Kier molecular flexibility index (Phi) is 8.47. The van der Waals surface area contributed by atoms with E-state index in [1.165, 1.54) is 18.4 Å². The van der Waals surface area contributed by atoms with Crippen molar-refractivity contribution in [1.82, 2.24) is 20.4 Å². The van der Waals surface area contributed by atoms with Crippen LogP contribution in [0.4, 0.5) is 0 Å². The molecule has 1 atom stereocenters. The third-order valence-electron chi connectivity index (χ3n) is 5.74. The van der Waals surface area contributed by atoms with Gasteiger partial charge in [-0.15, -0.1) is 0 Å². The largest absolute Gasteiger partial charge is 0.356 e. The maximum Gasteiger partial charge on any atom is 0.253 e. The van der Waals surface area contributed by atoms with Gasteiger partial charge in [0, 0.05) is 52.4 Å². The number of likely N-dealkylation sites (tertiary alicyclic amines) is 1. The average molecular weight is 422 g/mol. The quantitative estimate of drug-likeness (QED) is 0.508. The van der Waals surface area contributed by atoms with E-state index in [0.29, 0.717) is 6.04 Å². The van der Waals surface area contributed by atoms with E-state index in [0.717, 1.165) is 49.7 Å². The molecule has 31 heavy (non-hydrogen) atoms. The maximum absolute atomic E-state index is 12.2. The molecule has 0 saturated carbocycles. The molecule has 1 aliphatic heterocycles. The lowest BCUT2D eigenvalue weighted by atomic mass is 10.1. The van der Waals surface area contributed by atoms with E-state index in [1.807, 2.05) is 25.2 Å². The topological polar surface area (TPSA) is 60.0 Å². The molecule has 0 aromatic heterocycles. The molecule has 2 aromatic carbocycles. The molecule has 1 unspecified atom stereocenters. The number of nitrogens with zero attached hydrogens (tertiary/aromatic N) is 3. The minimum Gasteiger partial charge on any atom is -0.356 e. The fourth-order valence-electron chi connectivity index (χ4n) is 4.03. The smallest absolute Gasteiger partial charge is 0.253 e. The predicted molar refractivity (Wildman–Crippen MR) is 127 cm³/mol. The van der Waals surface area contributed by atoms with Gasteiger partial charge in [-0.05, 0) is 49.1 Å². The van der Waals surface area contributed by atoms with Crippen molar-refractivity contribution >= 4 is 11.9 Å². The summed E-state index contributed by atoms with van der Waals surface area (Å²) >= 11 is 0. The zero-order valence-corrected chi connectivity index (χ0v) is 19.0. The second-order valence-electron chi connectivity index (χ2n) is 8.28. The molecule has 2 N–H and O–H groups in total. The van der Waals surface area contributed by atoms with E-state index >= 15 is 0 Å². The first-order chi connectivity index (χ1) is 15.1. The van der Waals surface area contributed by atoms with Crippen LogP contribution in [-0.2, 0) is 13.0 Å². The van der Waals surface area contributed by atoms with Gasteiger partial charge in [-0.3, -0.25) is 14.7 Å². The molecule has 166 valence electrons. The molecular weight excluding hydrogens is 386 g/mol. The minimum absolute atomic E-state index is 0.0314. The summed E-state index contributed by atoms with van der Waals surface area (Å²) in [6.45, 7) is 3.80. The average Bonchev–Trinajstić information content (AvgIpc) is 3.23. The van der Waals surface area contributed by atoms with E-state index in [1.54, 1.807) is 19.0 Å². The van der Waals surface area contributed by atoms with Crippen LogP contribution in [0, 0.1) is 0 Å². The van der Waals surface area contributed by atoms with Crippen molar-refractivity contribution < 1.29 is 4.79 Å². The number of rotatable bonds is 8. The van der Waals surface area contributed by atoms with Gasteiger partial charge in [0.2, 0.25) is 0 Å². The Bertz CT molecular complexity index is 865. The lowest BCUT2D eigenvalue weighted by Crippen LogP contribution is -2.45. The van der Waals surface area contributed by atoms with Crippen LogP contribution >= 0.6 is 0 Å². The molecule has 3 rings (SSSR count). The Morgan fingerprint density at radius 2 is 1.87 bits per heavy atom. The third kappa shape index (κ3) is 6.82. The lowest BCUT2D eigenvalue weighted by molar-refractivity contribution is 0.0827. The van der Waals surface area contributed by atoms with Crippen LogP contribution in [0.2, 0.25) is 0 Å². The first-order valence-corrected chi connectivity index (χ1v) is 11.1. The molecule has 2 aromatic rings. The number of nitrogens with one attached hydrogen (secondary N) is 2. The highest BCUT2D eigenvalue weighted by molar-refractivity contribution is 5.94. The van der Waals surface area contributed by atoms with Crippen LogP contribution in [0.15, 0.2) is 59.6 Å². The molecule has 1 saturated heterocycles. The molecule has 1 heterocycles. The van der Waals surface area contributed by atoms with Gasteiger partial charge in [-0.25, -0.2) is 0 Å². The van der Waals surface area contributed by atoms with Gasteiger partial charge in [0.25, 0.3) is 5.91 Å². The molecule has 0 spiro atoms. The van der Waals surface area contributed by atoms with Crippen LogP contribution in [0.1, 0.15) is 34.3 Å². The van der Waals surface area contributed by atoms with Crippen molar-refractivity contribution in [2.24, 2.45) is 4.99 Å². The van der Waals surface area contributed by atoms with Crippen molar-refractivity contribution in [2.45, 2.75) is 31.8 Å². The summed E-state index contributed by atoms with van der Waals surface area (Å²) in [6.07, 6.45) is 3.29. The van der Waals surface area contributed by atoms with Crippen LogP contribution in [0.3, 0.4) is 0 Å². The number of hydrogen-bond acceptors (Lipinski definition) is 3. The SMILES string of the molecule is CN=C(NCCc1cccc(C(=O)N(C)C)c1)NCC1CCCN1Cc1ccccc1. The highest BCUT2D eigenvalue weighted by Crippen LogP contribution is 2.19. The molecule has 6 nitrogen and oxygen atoms in total. The fourth-order valence-corrected chi connectivity index (χ4v) is 4.03. The van der Waals surface area contributed by atoms with Crippen molar-refractivity contribution in [3.8, 4) is 0 Å². The second kappa shape index (κ2) is 11.5. The Hall–Kier alpha value is -2.86.